The summed E-state index contributed by atoms with van der Waals surface area (Å²) >= 11 is 0. The molecular formula is C13H18FN3O2. The molecule has 0 amide bonds. The summed E-state index contributed by atoms with van der Waals surface area (Å²) in [6, 6.07) is 4.23. The maximum Gasteiger partial charge on any atom is 0.170 e. The largest absolute Gasteiger partial charge is 0.409 e. The number of benzene rings is 1. The fourth-order valence-corrected chi connectivity index (χ4v) is 2.39. The number of β-amino-alcohol motifs (C(OH)–C–C–N with tert-alkyl or cyclic N) is 1. The highest BCUT2D eigenvalue weighted by molar-refractivity contribution is 5.98. The molecule has 1 fully saturated rings. The van der Waals surface area contributed by atoms with Crippen molar-refractivity contribution in [1.29, 1.82) is 0 Å². The van der Waals surface area contributed by atoms with Crippen LogP contribution in [0.15, 0.2) is 23.4 Å². The molecule has 1 atom stereocenters. The van der Waals surface area contributed by atoms with Crippen LogP contribution in [-0.2, 0) is 6.54 Å². The normalized spacial score (nSPS) is 21.6. The molecule has 6 heteroatoms. The molecule has 19 heavy (non-hydrogen) atoms. The van der Waals surface area contributed by atoms with Crippen molar-refractivity contribution in [3.63, 3.8) is 0 Å². The topological polar surface area (TPSA) is 82.1 Å². The van der Waals surface area contributed by atoms with Crippen molar-refractivity contribution in [1.82, 2.24) is 4.90 Å². The molecule has 2 rings (SSSR count). The number of aliphatic hydroxyl groups is 1. The van der Waals surface area contributed by atoms with E-state index in [9.17, 15) is 9.50 Å². The molecule has 5 nitrogen and oxygen atoms in total. The van der Waals surface area contributed by atoms with Gasteiger partial charge < -0.3 is 16.0 Å². The molecule has 1 aromatic rings. The van der Waals surface area contributed by atoms with E-state index >= 15 is 0 Å². The van der Waals surface area contributed by atoms with Gasteiger partial charge >= 0.3 is 0 Å². The first-order chi connectivity index (χ1) is 9.10. The van der Waals surface area contributed by atoms with Gasteiger partial charge in [-0.05, 0) is 37.1 Å². The van der Waals surface area contributed by atoms with E-state index in [2.05, 4.69) is 10.1 Å². The van der Waals surface area contributed by atoms with Crippen molar-refractivity contribution in [3.8, 4) is 0 Å². The lowest BCUT2D eigenvalue weighted by atomic mass is 10.0. The third kappa shape index (κ3) is 3.42. The van der Waals surface area contributed by atoms with E-state index in [0.717, 1.165) is 24.9 Å². The Morgan fingerprint density at radius 1 is 1.53 bits per heavy atom. The molecule has 1 aliphatic heterocycles. The number of piperidine rings is 1. The summed E-state index contributed by atoms with van der Waals surface area (Å²) in [4.78, 5) is 2.08. The highest BCUT2D eigenvalue weighted by Gasteiger charge is 2.19. The van der Waals surface area contributed by atoms with Crippen LogP contribution in [0.4, 0.5) is 4.39 Å². The fraction of sp³-hybridized carbons (Fsp3) is 0.462. The summed E-state index contributed by atoms with van der Waals surface area (Å²) in [5.41, 5.74) is 6.74. The van der Waals surface area contributed by atoms with Crippen LogP contribution in [0.2, 0.25) is 0 Å². The zero-order valence-corrected chi connectivity index (χ0v) is 10.6. The standard InChI is InChI=1S/C13H18FN3O2/c14-10-4-3-9(12(6-10)13(15)16-19)7-17-5-1-2-11(18)8-17/h3-4,6,11,18-19H,1-2,5,7-8H2,(H2,15,16). The van der Waals surface area contributed by atoms with Crippen LogP contribution in [0.1, 0.15) is 24.0 Å². The van der Waals surface area contributed by atoms with Gasteiger partial charge in [-0.1, -0.05) is 11.2 Å². The second kappa shape index (κ2) is 5.99. The van der Waals surface area contributed by atoms with Gasteiger partial charge in [0.15, 0.2) is 5.84 Å². The second-order valence-electron chi connectivity index (χ2n) is 4.82. The molecule has 0 radical (unpaired) electrons. The smallest absolute Gasteiger partial charge is 0.170 e. The van der Waals surface area contributed by atoms with Gasteiger partial charge in [0.1, 0.15) is 5.82 Å². The van der Waals surface area contributed by atoms with Gasteiger partial charge in [-0.25, -0.2) is 4.39 Å². The molecule has 1 unspecified atom stereocenters. The lowest BCUT2D eigenvalue weighted by Gasteiger charge is -2.30. The van der Waals surface area contributed by atoms with Crippen LogP contribution in [0.3, 0.4) is 0 Å². The average Bonchev–Trinajstić information content (AvgIpc) is 2.40. The number of halogens is 1. The summed E-state index contributed by atoms with van der Waals surface area (Å²) in [7, 11) is 0. The van der Waals surface area contributed by atoms with Gasteiger partial charge in [0.2, 0.25) is 0 Å². The Morgan fingerprint density at radius 3 is 3.00 bits per heavy atom. The van der Waals surface area contributed by atoms with Crippen LogP contribution in [0, 0.1) is 5.82 Å². The van der Waals surface area contributed by atoms with Crippen molar-refractivity contribution >= 4 is 5.84 Å². The number of hydrogen-bond acceptors (Lipinski definition) is 4. The first kappa shape index (κ1) is 13.8. The number of rotatable bonds is 3. The Kier molecular flexibility index (Phi) is 4.34. The Morgan fingerprint density at radius 2 is 2.32 bits per heavy atom. The van der Waals surface area contributed by atoms with E-state index in [1.165, 1.54) is 12.1 Å². The number of nitrogens with two attached hydrogens (primary N) is 1. The van der Waals surface area contributed by atoms with Gasteiger partial charge in [0, 0.05) is 18.7 Å². The average molecular weight is 267 g/mol. The van der Waals surface area contributed by atoms with Crippen molar-refractivity contribution in [2.75, 3.05) is 13.1 Å². The molecule has 1 saturated heterocycles. The van der Waals surface area contributed by atoms with Crippen LogP contribution in [-0.4, -0.2) is 40.2 Å². The maximum absolute atomic E-state index is 13.2. The number of nitrogens with zero attached hydrogens (tertiary/aromatic N) is 2. The Bertz CT molecular complexity index is 479. The van der Waals surface area contributed by atoms with Crippen molar-refractivity contribution in [2.45, 2.75) is 25.5 Å². The number of amidine groups is 1. The lowest BCUT2D eigenvalue weighted by molar-refractivity contribution is 0.0668. The molecule has 0 aromatic heterocycles. The summed E-state index contributed by atoms with van der Waals surface area (Å²) in [5.74, 6) is -0.531. The minimum absolute atomic E-state index is 0.105. The third-order valence-electron chi connectivity index (χ3n) is 3.33. The molecule has 104 valence electrons. The highest BCUT2D eigenvalue weighted by Crippen LogP contribution is 2.17. The first-order valence-corrected chi connectivity index (χ1v) is 6.27. The molecule has 0 aliphatic carbocycles. The summed E-state index contributed by atoms with van der Waals surface area (Å²) in [6.45, 7) is 2.01. The van der Waals surface area contributed by atoms with E-state index in [-0.39, 0.29) is 11.9 Å². The molecule has 1 heterocycles. The second-order valence-corrected chi connectivity index (χ2v) is 4.82. The SMILES string of the molecule is NC(=NO)c1cc(F)ccc1CN1CCCC(O)C1. The summed E-state index contributed by atoms with van der Waals surface area (Å²) in [6.07, 6.45) is 1.43. The Balaban J connectivity index is 2.19. The van der Waals surface area contributed by atoms with E-state index in [1.807, 2.05) is 0 Å². The van der Waals surface area contributed by atoms with E-state index in [4.69, 9.17) is 10.9 Å². The maximum atomic E-state index is 13.2. The summed E-state index contributed by atoms with van der Waals surface area (Å²) < 4.78 is 13.2. The number of likely N-dealkylation sites (tertiary alicyclic amines) is 1. The van der Waals surface area contributed by atoms with Gasteiger partial charge in [0.25, 0.3) is 0 Å². The zero-order valence-electron chi connectivity index (χ0n) is 10.6. The molecular weight excluding hydrogens is 249 g/mol. The van der Waals surface area contributed by atoms with E-state index < -0.39 is 5.82 Å². The molecule has 0 spiro atoms. The van der Waals surface area contributed by atoms with Crippen LogP contribution < -0.4 is 5.73 Å². The monoisotopic (exact) mass is 267 g/mol. The zero-order chi connectivity index (χ0) is 13.8. The highest BCUT2D eigenvalue weighted by atomic mass is 19.1. The van der Waals surface area contributed by atoms with E-state index in [1.54, 1.807) is 6.07 Å². The molecule has 1 aliphatic rings. The molecule has 0 bridgehead atoms. The number of hydrogen-bond donors (Lipinski definition) is 3. The summed E-state index contributed by atoms with van der Waals surface area (Å²) in [5, 5.41) is 21.3. The van der Waals surface area contributed by atoms with Crippen LogP contribution in [0.5, 0.6) is 0 Å². The number of oxime groups is 1. The predicted molar refractivity (Wildman–Crippen MR) is 69.4 cm³/mol. The third-order valence-corrected chi connectivity index (χ3v) is 3.33. The van der Waals surface area contributed by atoms with Crippen molar-refractivity contribution in [2.24, 2.45) is 10.9 Å². The fourth-order valence-electron chi connectivity index (χ4n) is 2.39. The molecule has 0 saturated carbocycles. The Labute approximate surface area is 111 Å². The Hall–Kier alpha value is -1.66. The van der Waals surface area contributed by atoms with Crippen molar-refractivity contribution in [3.05, 3.63) is 35.1 Å². The van der Waals surface area contributed by atoms with Gasteiger partial charge in [-0.3, -0.25) is 4.90 Å². The lowest BCUT2D eigenvalue weighted by Crippen LogP contribution is -2.38. The van der Waals surface area contributed by atoms with E-state index in [0.29, 0.717) is 18.7 Å². The minimum atomic E-state index is -0.427. The van der Waals surface area contributed by atoms with Crippen LogP contribution >= 0.6 is 0 Å². The number of aliphatic hydroxyl groups excluding tert-OH is 1. The van der Waals surface area contributed by atoms with Gasteiger partial charge in [-0.15, -0.1) is 0 Å². The first-order valence-electron chi connectivity index (χ1n) is 6.27. The van der Waals surface area contributed by atoms with Crippen LogP contribution in [0.25, 0.3) is 0 Å². The van der Waals surface area contributed by atoms with Crippen molar-refractivity contribution < 1.29 is 14.7 Å². The quantitative estimate of drug-likeness (QED) is 0.328. The molecule has 4 N–H and O–H groups in total. The van der Waals surface area contributed by atoms with Gasteiger partial charge in [0.05, 0.1) is 6.10 Å². The minimum Gasteiger partial charge on any atom is -0.409 e. The van der Waals surface area contributed by atoms with Gasteiger partial charge in [-0.2, -0.15) is 0 Å². The predicted octanol–water partition coefficient (Wildman–Crippen LogP) is 0.877. The molecule has 1 aromatic carbocycles.